The van der Waals surface area contributed by atoms with Crippen LogP contribution in [0.3, 0.4) is 0 Å². The van der Waals surface area contributed by atoms with Crippen LogP contribution in [0.1, 0.15) is 6.23 Å². The fourth-order valence-electron chi connectivity index (χ4n) is 2.70. The van der Waals surface area contributed by atoms with Crippen LogP contribution < -0.4 is 16.9 Å². The SMILES string of the molecule is Nc1ncc2c(n1)n([C@@H]1O[C@H](CO)[C@@H](F)[C@H]1O)c(=O)n2CC(=O)NO. The molecule has 0 bridgehead atoms. The van der Waals surface area contributed by atoms with Crippen LogP contribution in [0.2, 0.25) is 0 Å². The summed E-state index contributed by atoms with van der Waals surface area (Å²) in [6.45, 7) is -1.29. The maximum Gasteiger partial charge on any atom is 0.333 e. The Hall–Kier alpha value is -2.61. The number of hydroxylamine groups is 1. The van der Waals surface area contributed by atoms with Gasteiger partial charge in [-0.25, -0.2) is 24.2 Å². The number of nitrogens with one attached hydrogen (secondary N) is 1. The number of alkyl halides is 1. The summed E-state index contributed by atoms with van der Waals surface area (Å²) >= 11 is 0. The molecule has 1 fully saturated rings. The van der Waals surface area contributed by atoms with E-state index in [1.54, 1.807) is 0 Å². The first-order chi connectivity index (χ1) is 11.9. The summed E-state index contributed by atoms with van der Waals surface area (Å²) in [7, 11) is 0. The van der Waals surface area contributed by atoms with E-state index in [1.165, 1.54) is 5.48 Å². The van der Waals surface area contributed by atoms with Crippen molar-refractivity contribution in [3.63, 3.8) is 0 Å². The van der Waals surface area contributed by atoms with Crippen molar-refractivity contribution in [3.8, 4) is 0 Å². The van der Waals surface area contributed by atoms with Gasteiger partial charge in [-0.1, -0.05) is 0 Å². The van der Waals surface area contributed by atoms with Crippen LogP contribution in [-0.2, 0) is 16.1 Å². The van der Waals surface area contributed by atoms with Gasteiger partial charge in [-0.15, -0.1) is 0 Å². The second kappa shape index (κ2) is 6.36. The number of nitrogens with two attached hydrogens (primary N) is 1. The molecule has 25 heavy (non-hydrogen) atoms. The van der Waals surface area contributed by atoms with E-state index in [0.717, 1.165) is 15.3 Å². The minimum Gasteiger partial charge on any atom is -0.394 e. The molecule has 2 aromatic rings. The molecule has 2 aromatic heterocycles. The summed E-state index contributed by atoms with van der Waals surface area (Å²) in [6.07, 6.45) is -5.34. The molecule has 1 aliphatic heterocycles. The molecule has 1 saturated heterocycles. The zero-order chi connectivity index (χ0) is 18.3. The van der Waals surface area contributed by atoms with E-state index >= 15 is 0 Å². The molecule has 1 amide bonds. The lowest BCUT2D eigenvalue weighted by atomic mass is 10.1. The molecule has 13 heteroatoms. The summed E-state index contributed by atoms with van der Waals surface area (Å²) in [6, 6.07) is 0. The molecule has 3 heterocycles. The van der Waals surface area contributed by atoms with E-state index in [9.17, 15) is 19.1 Å². The largest absolute Gasteiger partial charge is 0.394 e. The maximum atomic E-state index is 14.0. The van der Waals surface area contributed by atoms with Crippen LogP contribution in [0, 0.1) is 0 Å². The van der Waals surface area contributed by atoms with Crippen molar-refractivity contribution in [2.45, 2.75) is 31.2 Å². The van der Waals surface area contributed by atoms with Gasteiger partial charge in [0, 0.05) is 0 Å². The van der Waals surface area contributed by atoms with Gasteiger partial charge in [0.2, 0.25) is 5.95 Å². The highest BCUT2D eigenvalue weighted by molar-refractivity contribution is 5.78. The number of nitrogen functional groups attached to an aromatic ring is 1. The van der Waals surface area contributed by atoms with E-state index in [1.807, 2.05) is 0 Å². The fraction of sp³-hybridized carbons (Fsp3) is 0.500. The first kappa shape index (κ1) is 17.2. The van der Waals surface area contributed by atoms with Gasteiger partial charge in [0.05, 0.1) is 12.8 Å². The predicted molar refractivity (Wildman–Crippen MR) is 78.0 cm³/mol. The Balaban J connectivity index is 2.18. The van der Waals surface area contributed by atoms with Crippen molar-refractivity contribution in [1.29, 1.82) is 0 Å². The Kier molecular flexibility index (Phi) is 4.38. The normalized spacial score (nSPS) is 26.2. The molecule has 0 aliphatic carbocycles. The molecule has 0 unspecified atom stereocenters. The molecule has 136 valence electrons. The number of anilines is 1. The Labute approximate surface area is 138 Å². The standard InChI is InChI=1S/C12H15FN6O6/c13-7-5(3-20)25-10(8(7)22)19-9-4(1-15-11(14)16-9)18(12(19)23)2-6(21)17-24/h1,5,7-8,10,20,22,24H,2-3H2,(H,17,21)(H2,14,15,16)/t5-,7-,8-,10-/m1/s1. The second-order valence-electron chi connectivity index (χ2n) is 5.39. The minimum absolute atomic E-state index is 0.0569. The molecular formula is C12H15FN6O6. The summed E-state index contributed by atoms with van der Waals surface area (Å²) in [4.78, 5) is 31.7. The number of hydrogen-bond donors (Lipinski definition) is 5. The number of ether oxygens (including phenoxy) is 1. The fourth-order valence-corrected chi connectivity index (χ4v) is 2.70. The number of aliphatic hydroxyl groups excluding tert-OH is 2. The van der Waals surface area contributed by atoms with Crippen LogP contribution >= 0.6 is 0 Å². The van der Waals surface area contributed by atoms with Gasteiger partial charge < -0.3 is 20.7 Å². The van der Waals surface area contributed by atoms with E-state index in [4.69, 9.17) is 20.8 Å². The van der Waals surface area contributed by atoms with Gasteiger partial charge in [0.15, 0.2) is 18.0 Å². The first-order valence-corrected chi connectivity index (χ1v) is 7.13. The van der Waals surface area contributed by atoms with Crippen molar-refractivity contribution >= 4 is 23.0 Å². The molecule has 0 saturated carbocycles. The maximum absolute atomic E-state index is 14.0. The van der Waals surface area contributed by atoms with Gasteiger partial charge in [0.25, 0.3) is 5.91 Å². The van der Waals surface area contributed by atoms with E-state index in [0.29, 0.717) is 0 Å². The van der Waals surface area contributed by atoms with Gasteiger partial charge in [-0.3, -0.25) is 14.6 Å². The lowest BCUT2D eigenvalue weighted by Gasteiger charge is -2.15. The summed E-state index contributed by atoms with van der Waals surface area (Å²) in [5.74, 6) is -1.10. The Morgan fingerprint density at radius 3 is 2.84 bits per heavy atom. The molecule has 1 aliphatic rings. The van der Waals surface area contributed by atoms with Crippen LogP contribution in [0.15, 0.2) is 11.0 Å². The summed E-state index contributed by atoms with van der Waals surface area (Å²) in [5.41, 5.74) is 5.98. The number of carbonyl (C=O) groups excluding carboxylic acids is 1. The Bertz CT molecular complexity index is 868. The van der Waals surface area contributed by atoms with Crippen LogP contribution in [0.25, 0.3) is 11.2 Å². The van der Waals surface area contributed by atoms with Crippen molar-refractivity contribution in [2.75, 3.05) is 12.3 Å². The molecule has 12 nitrogen and oxygen atoms in total. The zero-order valence-electron chi connectivity index (χ0n) is 12.6. The molecule has 3 rings (SSSR count). The molecule has 0 radical (unpaired) electrons. The number of hydrogen-bond acceptors (Lipinski definition) is 9. The van der Waals surface area contributed by atoms with E-state index in [2.05, 4.69) is 9.97 Å². The second-order valence-corrected chi connectivity index (χ2v) is 5.39. The number of amides is 1. The van der Waals surface area contributed by atoms with Gasteiger partial charge in [0.1, 0.15) is 24.3 Å². The highest BCUT2D eigenvalue weighted by Crippen LogP contribution is 2.32. The Morgan fingerprint density at radius 2 is 2.24 bits per heavy atom. The van der Waals surface area contributed by atoms with Crippen LogP contribution in [-0.4, -0.2) is 65.4 Å². The van der Waals surface area contributed by atoms with Crippen molar-refractivity contribution in [2.24, 2.45) is 0 Å². The number of imidazole rings is 1. The van der Waals surface area contributed by atoms with Gasteiger partial charge in [-0.2, -0.15) is 4.98 Å². The van der Waals surface area contributed by atoms with Crippen LogP contribution in [0.5, 0.6) is 0 Å². The average molecular weight is 358 g/mol. The highest BCUT2D eigenvalue weighted by Gasteiger charge is 2.46. The third-order valence-electron chi connectivity index (χ3n) is 3.87. The van der Waals surface area contributed by atoms with Gasteiger partial charge in [-0.05, 0) is 0 Å². The van der Waals surface area contributed by atoms with Gasteiger partial charge >= 0.3 is 5.69 Å². The lowest BCUT2D eigenvalue weighted by Crippen LogP contribution is -2.36. The van der Waals surface area contributed by atoms with Crippen molar-refractivity contribution in [1.82, 2.24) is 24.6 Å². The number of carbonyl (C=O) groups is 1. The Morgan fingerprint density at radius 1 is 1.52 bits per heavy atom. The monoisotopic (exact) mass is 358 g/mol. The minimum atomic E-state index is -1.93. The molecule has 0 spiro atoms. The van der Waals surface area contributed by atoms with E-state index < -0.39 is 49.4 Å². The lowest BCUT2D eigenvalue weighted by molar-refractivity contribution is -0.129. The third kappa shape index (κ3) is 2.72. The first-order valence-electron chi connectivity index (χ1n) is 7.13. The third-order valence-corrected chi connectivity index (χ3v) is 3.87. The molecule has 0 aromatic carbocycles. The number of aromatic nitrogens is 4. The number of nitrogens with zero attached hydrogens (tertiary/aromatic N) is 4. The quantitative estimate of drug-likeness (QED) is 0.287. The smallest absolute Gasteiger partial charge is 0.333 e. The van der Waals surface area contributed by atoms with Crippen LogP contribution in [0.4, 0.5) is 10.3 Å². The molecule has 6 N–H and O–H groups in total. The predicted octanol–water partition coefficient (Wildman–Crippen LogP) is -2.73. The van der Waals surface area contributed by atoms with Crippen molar-refractivity contribution < 1.29 is 29.3 Å². The topological polar surface area (TPSA) is 178 Å². The summed E-state index contributed by atoms with van der Waals surface area (Å²) < 4.78 is 20.9. The highest BCUT2D eigenvalue weighted by atomic mass is 19.1. The number of fused-ring (bicyclic) bond motifs is 1. The molecular weight excluding hydrogens is 343 g/mol. The zero-order valence-corrected chi connectivity index (χ0v) is 12.6. The van der Waals surface area contributed by atoms with Crippen molar-refractivity contribution in [3.05, 3.63) is 16.7 Å². The average Bonchev–Trinajstić information content (AvgIpc) is 3.02. The van der Waals surface area contributed by atoms with E-state index in [-0.39, 0.29) is 17.1 Å². The number of aliphatic hydroxyl groups is 2. The number of rotatable bonds is 4. The number of halogens is 1. The molecule has 4 atom stereocenters. The summed E-state index contributed by atoms with van der Waals surface area (Å²) in [5, 5.41) is 27.8.